The molecule has 0 unspecified atom stereocenters. The number of nitrogens with zero attached hydrogens (tertiary/aromatic N) is 6. The number of piperazine rings is 1. The summed E-state index contributed by atoms with van der Waals surface area (Å²) in [5.74, 6) is -0.792. The highest BCUT2D eigenvalue weighted by molar-refractivity contribution is 7.89. The van der Waals surface area contributed by atoms with E-state index < -0.39 is 28.5 Å². The Hall–Kier alpha value is -3.90. The van der Waals surface area contributed by atoms with Crippen molar-refractivity contribution < 1.29 is 22.7 Å². The smallest absolute Gasteiger partial charge is 0.357 e. The topological polar surface area (TPSA) is 128 Å². The van der Waals surface area contributed by atoms with Crippen LogP contribution in [-0.2, 0) is 24.3 Å². The van der Waals surface area contributed by atoms with Crippen LogP contribution in [0, 0.1) is 20.8 Å². The van der Waals surface area contributed by atoms with Crippen LogP contribution < -0.4 is 0 Å². The van der Waals surface area contributed by atoms with Crippen molar-refractivity contribution in [2.75, 3.05) is 32.8 Å². The van der Waals surface area contributed by atoms with Gasteiger partial charge in [-0.05, 0) is 54.5 Å². The molecule has 0 radical (unpaired) electrons. The lowest BCUT2D eigenvalue weighted by Gasteiger charge is -2.34. The molecule has 1 fully saturated rings. The lowest BCUT2D eigenvalue weighted by Crippen LogP contribution is -2.51. The number of ether oxygens (including phenoxy) is 1. The average molecular weight is 525 g/mol. The van der Waals surface area contributed by atoms with Crippen LogP contribution in [0.1, 0.15) is 22.5 Å². The van der Waals surface area contributed by atoms with Crippen LogP contribution >= 0.6 is 0 Å². The van der Waals surface area contributed by atoms with Crippen LogP contribution in [0.15, 0.2) is 53.4 Å². The number of aryl methyl sites for hydroxylation is 3. The second-order valence-corrected chi connectivity index (χ2v) is 10.6. The van der Waals surface area contributed by atoms with E-state index in [4.69, 9.17) is 4.74 Å². The van der Waals surface area contributed by atoms with Gasteiger partial charge in [-0.1, -0.05) is 48.0 Å². The van der Waals surface area contributed by atoms with Gasteiger partial charge in [0.2, 0.25) is 10.0 Å². The summed E-state index contributed by atoms with van der Waals surface area (Å²) < 4.78 is 34.1. The number of carbonyl (C=O) groups excluding carboxylic acids is 2. The van der Waals surface area contributed by atoms with E-state index in [2.05, 4.69) is 15.5 Å². The quantitative estimate of drug-likeness (QED) is 0.337. The van der Waals surface area contributed by atoms with Crippen molar-refractivity contribution in [1.29, 1.82) is 0 Å². The highest BCUT2D eigenvalue weighted by Crippen LogP contribution is 2.22. The molecule has 0 N–H and O–H groups in total. The number of carbonyl (C=O) groups is 2. The van der Waals surface area contributed by atoms with Crippen molar-refractivity contribution in [1.82, 2.24) is 29.4 Å². The van der Waals surface area contributed by atoms with E-state index in [0.29, 0.717) is 11.4 Å². The van der Waals surface area contributed by atoms with Gasteiger partial charge in [0.15, 0.2) is 18.1 Å². The first kappa shape index (κ1) is 26.2. The van der Waals surface area contributed by atoms with Crippen LogP contribution in [0.5, 0.6) is 0 Å². The molecule has 0 spiro atoms. The average Bonchev–Trinajstić information content (AvgIpc) is 3.31. The molecular weight excluding hydrogens is 496 g/mol. The molecule has 3 aromatic rings. The number of hydrogen-bond acceptors (Lipinski definition) is 8. The zero-order valence-electron chi connectivity index (χ0n) is 20.9. The number of tetrazole rings is 1. The molecule has 2 aromatic carbocycles. The summed E-state index contributed by atoms with van der Waals surface area (Å²) >= 11 is 0. The molecule has 1 amide bonds. The van der Waals surface area contributed by atoms with Crippen molar-refractivity contribution in [2.45, 2.75) is 25.7 Å². The summed E-state index contributed by atoms with van der Waals surface area (Å²) in [6.45, 7) is 5.52. The van der Waals surface area contributed by atoms with Gasteiger partial charge in [0.25, 0.3) is 5.91 Å². The Labute approximate surface area is 215 Å². The molecule has 0 aliphatic carbocycles. The maximum absolute atomic E-state index is 13.1. The summed E-state index contributed by atoms with van der Waals surface area (Å²) in [5.41, 5.74) is 2.46. The van der Waals surface area contributed by atoms with Gasteiger partial charge in [0.1, 0.15) is 0 Å². The Bertz CT molecular complexity index is 1430. The largest absolute Gasteiger partial charge is 0.451 e. The van der Waals surface area contributed by atoms with Crippen molar-refractivity contribution in [3.63, 3.8) is 0 Å². The minimum atomic E-state index is -3.67. The lowest BCUT2D eigenvalue weighted by atomic mass is 10.2. The van der Waals surface area contributed by atoms with Crippen LogP contribution in [0.3, 0.4) is 0 Å². The van der Waals surface area contributed by atoms with Gasteiger partial charge in [-0.25, -0.2) is 13.2 Å². The molecular formula is C25H28N6O5S. The van der Waals surface area contributed by atoms with Crippen LogP contribution in [0.4, 0.5) is 0 Å². The fraction of sp³-hybridized carbons (Fsp3) is 0.320. The lowest BCUT2D eigenvalue weighted by molar-refractivity contribution is -0.148. The van der Waals surface area contributed by atoms with Gasteiger partial charge in [-0.15, -0.1) is 5.10 Å². The van der Waals surface area contributed by atoms with Crippen LogP contribution in [0.2, 0.25) is 0 Å². The predicted molar refractivity (Wildman–Crippen MR) is 135 cm³/mol. The third-order valence-electron chi connectivity index (χ3n) is 6.03. The second-order valence-electron chi connectivity index (χ2n) is 8.71. The van der Waals surface area contributed by atoms with Crippen molar-refractivity contribution in [3.05, 3.63) is 71.0 Å². The number of amides is 1. The van der Waals surface area contributed by atoms with E-state index in [1.54, 1.807) is 32.1 Å². The van der Waals surface area contributed by atoms with Gasteiger partial charge >= 0.3 is 5.97 Å². The fourth-order valence-corrected chi connectivity index (χ4v) is 5.69. The molecule has 0 saturated carbocycles. The zero-order chi connectivity index (χ0) is 26.6. The molecule has 11 nitrogen and oxygen atoms in total. The Morgan fingerprint density at radius 2 is 1.70 bits per heavy atom. The van der Waals surface area contributed by atoms with Gasteiger partial charge in [0.05, 0.1) is 4.90 Å². The number of benzene rings is 2. The number of aromatic nitrogens is 4. The van der Waals surface area contributed by atoms with Crippen LogP contribution in [0.25, 0.3) is 11.8 Å². The maximum atomic E-state index is 13.1. The first-order chi connectivity index (χ1) is 17.7. The van der Waals surface area contributed by atoms with Gasteiger partial charge in [-0.2, -0.15) is 8.99 Å². The normalized spacial score (nSPS) is 15.0. The number of hydrogen-bond donors (Lipinski definition) is 0. The van der Waals surface area contributed by atoms with Crippen molar-refractivity contribution in [3.8, 4) is 0 Å². The van der Waals surface area contributed by atoms with Crippen LogP contribution in [-0.4, -0.2) is 82.5 Å². The maximum Gasteiger partial charge on any atom is 0.357 e. The minimum absolute atomic E-state index is 0.0610. The van der Waals surface area contributed by atoms with E-state index >= 15 is 0 Å². The molecule has 12 heteroatoms. The Kier molecular flexibility index (Phi) is 7.79. The minimum Gasteiger partial charge on any atom is -0.451 e. The molecule has 2 heterocycles. The number of rotatable bonds is 7. The summed E-state index contributed by atoms with van der Waals surface area (Å²) in [5, 5.41) is 11.2. The fourth-order valence-electron chi connectivity index (χ4n) is 4.07. The predicted octanol–water partition coefficient (Wildman–Crippen LogP) is 1.67. The summed E-state index contributed by atoms with van der Waals surface area (Å²) in [6, 6.07) is 14.3. The monoisotopic (exact) mass is 524 g/mol. The third-order valence-corrected chi connectivity index (χ3v) is 8.09. The molecule has 1 aliphatic heterocycles. The van der Waals surface area contributed by atoms with E-state index in [0.717, 1.165) is 11.1 Å². The van der Waals surface area contributed by atoms with Gasteiger partial charge < -0.3 is 9.64 Å². The van der Waals surface area contributed by atoms with E-state index in [1.165, 1.54) is 13.9 Å². The summed E-state index contributed by atoms with van der Waals surface area (Å²) in [4.78, 5) is 27.4. The van der Waals surface area contributed by atoms with E-state index in [1.807, 2.05) is 43.3 Å². The highest BCUT2D eigenvalue weighted by Gasteiger charge is 2.31. The van der Waals surface area contributed by atoms with Crippen molar-refractivity contribution >= 4 is 33.7 Å². The molecule has 0 bridgehead atoms. The highest BCUT2D eigenvalue weighted by atomic mass is 32.2. The molecule has 194 valence electrons. The standard InChI is InChI=1S/C25H28N6O5S/c1-18-9-10-23(19(2)15-18)37(34,35)30-13-11-29(12-14-30)24(32)17-36-25(33)22(31-20(3)26-27-28-31)16-21-7-5-4-6-8-21/h4-10,15-16H,11-14,17H2,1-3H3. The number of esters is 1. The molecule has 37 heavy (non-hydrogen) atoms. The Morgan fingerprint density at radius 1 is 1.00 bits per heavy atom. The van der Waals surface area contributed by atoms with Gasteiger partial charge in [0, 0.05) is 26.2 Å². The Balaban J connectivity index is 1.38. The molecule has 0 atom stereocenters. The summed E-state index contributed by atoms with van der Waals surface area (Å²) in [7, 11) is -3.67. The second kappa shape index (κ2) is 11.0. The number of sulfonamides is 1. The third kappa shape index (κ3) is 5.92. The van der Waals surface area contributed by atoms with E-state index in [-0.39, 0.29) is 36.8 Å². The Morgan fingerprint density at radius 3 is 2.32 bits per heavy atom. The van der Waals surface area contributed by atoms with Crippen molar-refractivity contribution in [2.24, 2.45) is 0 Å². The first-order valence-corrected chi connectivity index (χ1v) is 13.2. The van der Waals surface area contributed by atoms with E-state index in [9.17, 15) is 18.0 Å². The zero-order valence-corrected chi connectivity index (χ0v) is 21.7. The first-order valence-electron chi connectivity index (χ1n) is 11.7. The molecule has 1 aromatic heterocycles. The SMILES string of the molecule is Cc1ccc(S(=O)(=O)N2CCN(C(=O)COC(=O)C(=Cc3ccccc3)n3nnnc3C)CC2)c(C)c1. The molecule has 4 rings (SSSR count). The summed E-state index contributed by atoms with van der Waals surface area (Å²) in [6.07, 6.45) is 1.58. The van der Waals surface area contributed by atoms with Gasteiger partial charge in [-0.3, -0.25) is 4.79 Å². The molecule has 1 saturated heterocycles. The molecule has 1 aliphatic rings.